The predicted octanol–water partition coefficient (Wildman–Crippen LogP) is 2.03. The van der Waals surface area contributed by atoms with E-state index in [-0.39, 0.29) is 6.79 Å². The Balaban J connectivity index is 2.04. The summed E-state index contributed by atoms with van der Waals surface area (Å²) in [5, 5.41) is 1.67. The van der Waals surface area contributed by atoms with Crippen LogP contribution >= 0.6 is 0 Å². The molecule has 2 aliphatic heterocycles. The average Bonchev–Trinajstić information content (AvgIpc) is 2.84. The standard InChI is InChI=1S/C11H8O3S/c12-15-5-1-2-11(15)8-3-4-9-10(6-8)14-7-13-9/h1-6H,7H2. The van der Waals surface area contributed by atoms with Gasteiger partial charge in [0.05, 0.1) is 15.7 Å². The number of fused-ring (bicyclic) bond motifs is 1. The van der Waals surface area contributed by atoms with Gasteiger partial charge in [0, 0.05) is 5.41 Å². The third-order valence-corrected chi connectivity index (χ3v) is 3.53. The number of allylic oxidation sites excluding steroid dienone is 2. The Morgan fingerprint density at radius 1 is 1.20 bits per heavy atom. The van der Waals surface area contributed by atoms with E-state index in [0.29, 0.717) is 0 Å². The normalized spacial score (nSPS) is 21.9. The molecule has 1 atom stereocenters. The van der Waals surface area contributed by atoms with Crippen LogP contribution in [0.2, 0.25) is 0 Å². The van der Waals surface area contributed by atoms with Gasteiger partial charge in [0.1, 0.15) is 0 Å². The first-order valence-corrected chi connectivity index (χ1v) is 5.75. The molecular formula is C11H8O3S. The van der Waals surface area contributed by atoms with Gasteiger partial charge in [-0.3, -0.25) is 0 Å². The molecule has 2 heterocycles. The molecule has 0 fully saturated rings. The van der Waals surface area contributed by atoms with Crippen LogP contribution in [-0.2, 0) is 10.8 Å². The Labute approximate surface area is 89.5 Å². The highest BCUT2D eigenvalue weighted by Crippen LogP contribution is 2.35. The maximum Gasteiger partial charge on any atom is 0.231 e. The zero-order chi connectivity index (χ0) is 10.3. The molecule has 4 heteroatoms. The summed E-state index contributed by atoms with van der Waals surface area (Å²) >= 11 is 0. The van der Waals surface area contributed by atoms with E-state index in [1.807, 2.05) is 24.3 Å². The number of hydrogen-bond acceptors (Lipinski definition) is 3. The molecular weight excluding hydrogens is 212 g/mol. The second-order valence-electron chi connectivity index (χ2n) is 3.22. The molecule has 0 saturated heterocycles. The molecule has 0 saturated carbocycles. The predicted molar refractivity (Wildman–Crippen MR) is 57.8 cm³/mol. The van der Waals surface area contributed by atoms with Crippen molar-refractivity contribution in [3.8, 4) is 11.5 Å². The van der Waals surface area contributed by atoms with Gasteiger partial charge in [0.2, 0.25) is 6.79 Å². The highest BCUT2D eigenvalue weighted by Gasteiger charge is 2.17. The third-order valence-electron chi connectivity index (χ3n) is 2.32. The average molecular weight is 220 g/mol. The van der Waals surface area contributed by atoms with E-state index in [4.69, 9.17) is 9.47 Å². The van der Waals surface area contributed by atoms with E-state index in [1.54, 1.807) is 11.5 Å². The van der Waals surface area contributed by atoms with Crippen LogP contribution < -0.4 is 9.47 Å². The van der Waals surface area contributed by atoms with E-state index >= 15 is 0 Å². The van der Waals surface area contributed by atoms with Crippen LogP contribution in [0, 0.1) is 0 Å². The quantitative estimate of drug-likeness (QED) is 0.726. The molecule has 2 aliphatic rings. The summed E-state index contributed by atoms with van der Waals surface area (Å²) in [4.78, 5) is 0.813. The SMILES string of the molecule is O=S1C=CC=C1c1ccc2c(c1)OCO2. The van der Waals surface area contributed by atoms with Gasteiger partial charge in [-0.2, -0.15) is 0 Å². The first kappa shape index (κ1) is 8.73. The zero-order valence-corrected chi connectivity index (χ0v) is 8.62. The van der Waals surface area contributed by atoms with Crippen LogP contribution in [0.4, 0.5) is 0 Å². The second kappa shape index (κ2) is 3.24. The topological polar surface area (TPSA) is 35.5 Å². The molecule has 1 aromatic carbocycles. The summed E-state index contributed by atoms with van der Waals surface area (Å²) in [6.07, 6.45) is 3.66. The number of ether oxygens (including phenoxy) is 2. The maximum absolute atomic E-state index is 11.6. The fourth-order valence-electron chi connectivity index (χ4n) is 1.60. The van der Waals surface area contributed by atoms with Crippen molar-refractivity contribution in [3.63, 3.8) is 0 Å². The van der Waals surface area contributed by atoms with Crippen LogP contribution in [0.1, 0.15) is 5.56 Å². The van der Waals surface area contributed by atoms with Crippen molar-refractivity contribution >= 4 is 15.7 Å². The van der Waals surface area contributed by atoms with Gasteiger partial charge in [0.25, 0.3) is 0 Å². The zero-order valence-electron chi connectivity index (χ0n) is 7.80. The molecule has 0 aromatic heterocycles. The minimum Gasteiger partial charge on any atom is -0.454 e. The summed E-state index contributed by atoms with van der Waals surface area (Å²) < 4.78 is 22.0. The van der Waals surface area contributed by atoms with E-state index in [1.165, 1.54) is 0 Å². The van der Waals surface area contributed by atoms with Crippen molar-refractivity contribution in [2.45, 2.75) is 0 Å². The molecule has 0 N–H and O–H groups in total. The van der Waals surface area contributed by atoms with Crippen molar-refractivity contribution in [1.82, 2.24) is 0 Å². The smallest absolute Gasteiger partial charge is 0.231 e. The first-order chi connectivity index (χ1) is 7.34. The lowest BCUT2D eigenvalue weighted by Crippen LogP contribution is -1.93. The van der Waals surface area contributed by atoms with Crippen LogP contribution in [-0.4, -0.2) is 11.0 Å². The molecule has 0 radical (unpaired) electrons. The van der Waals surface area contributed by atoms with Gasteiger partial charge in [-0.1, -0.05) is 6.08 Å². The van der Waals surface area contributed by atoms with Gasteiger partial charge in [-0.25, -0.2) is 4.21 Å². The van der Waals surface area contributed by atoms with E-state index in [2.05, 4.69) is 0 Å². The van der Waals surface area contributed by atoms with Gasteiger partial charge in [-0.15, -0.1) is 0 Å². The Bertz CT molecular complexity index is 503. The van der Waals surface area contributed by atoms with Crippen molar-refractivity contribution < 1.29 is 13.7 Å². The molecule has 76 valence electrons. The summed E-state index contributed by atoms with van der Waals surface area (Å²) in [7, 11) is -1.02. The molecule has 0 spiro atoms. The molecule has 0 amide bonds. The summed E-state index contributed by atoms with van der Waals surface area (Å²) in [6.45, 7) is 0.263. The Morgan fingerprint density at radius 2 is 2.07 bits per heavy atom. The lowest BCUT2D eigenvalue weighted by atomic mass is 10.2. The maximum atomic E-state index is 11.6. The molecule has 3 rings (SSSR count). The molecule has 0 bridgehead atoms. The monoisotopic (exact) mass is 220 g/mol. The fourth-order valence-corrected chi connectivity index (χ4v) is 2.54. The van der Waals surface area contributed by atoms with Crippen molar-refractivity contribution in [2.24, 2.45) is 0 Å². The first-order valence-electron chi connectivity index (χ1n) is 4.54. The van der Waals surface area contributed by atoms with Gasteiger partial charge in [0.15, 0.2) is 11.5 Å². The Kier molecular flexibility index (Phi) is 1.89. The van der Waals surface area contributed by atoms with Crippen LogP contribution in [0.5, 0.6) is 11.5 Å². The van der Waals surface area contributed by atoms with Gasteiger partial charge < -0.3 is 9.47 Å². The minimum absolute atomic E-state index is 0.263. The van der Waals surface area contributed by atoms with Gasteiger partial charge in [-0.05, 0) is 29.8 Å². The summed E-state index contributed by atoms with van der Waals surface area (Å²) in [6, 6.07) is 5.59. The number of rotatable bonds is 1. The van der Waals surface area contributed by atoms with Crippen molar-refractivity contribution in [3.05, 3.63) is 41.3 Å². The summed E-state index contributed by atoms with van der Waals surface area (Å²) in [5.74, 6) is 1.47. The van der Waals surface area contributed by atoms with Crippen LogP contribution in [0.15, 0.2) is 35.8 Å². The molecule has 0 aliphatic carbocycles. The highest BCUT2D eigenvalue weighted by atomic mass is 32.2. The highest BCUT2D eigenvalue weighted by molar-refractivity contribution is 7.97. The van der Waals surface area contributed by atoms with Crippen molar-refractivity contribution in [2.75, 3.05) is 6.79 Å². The lowest BCUT2D eigenvalue weighted by Gasteiger charge is -2.02. The minimum atomic E-state index is -1.02. The van der Waals surface area contributed by atoms with Crippen molar-refractivity contribution in [1.29, 1.82) is 0 Å². The third kappa shape index (κ3) is 1.37. The molecule has 1 unspecified atom stereocenters. The Hall–Kier alpha value is -1.55. The Morgan fingerprint density at radius 3 is 2.87 bits per heavy atom. The second-order valence-corrected chi connectivity index (χ2v) is 4.53. The summed E-state index contributed by atoms with van der Waals surface area (Å²) in [5.41, 5.74) is 0.919. The fraction of sp³-hybridized carbons (Fsp3) is 0.0909. The van der Waals surface area contributed by atoms with Gasteiger partial charge >= 0.3 is 0 Å². The largest absolute Gasteiger partial charge is 0.454 e. The number of hydrogen-bond donors (Lipinski definition) is 0. The van der Waals surface area contributed by atoms with E-state index in [0.717, 1.165) is 22.0 Å². The van der Waals surface area contributed by atoms with E-state index in [9.17, 15) is 4.21 Å². The number of benzene rings is 1. The molecule has 1 aromatic rings. The molecule has 15 heavy (non-hydrogen) atoms. The van der Waals surface area contributed by atoms with E-state index < -0.39 is 10.8 Å². The van der Waals surface area contributed by atoms with Crippen LogP contribution in [0.25, 0.3) is 4.91 Å². The lowest BCUT2D eigenvalue weighted by molar-refractivity contribution is 0.174. The molecule has 3 nitrogen and oxygen atoms in total. The van der Waals surface area contributed by atoms with Crippen LogP contribution in [0.3, 0.4) is 0 Å².